The van der Waals surface area contributed by atoms with E-state index < -0.39 is 12.1 Å². The Morgan fingerprint density at radius 3 is 2.74 bits per heavy atom. The molecule has 0 aliphatic carbocycles. The van der Waals surface area contributed by atoms with Gasteiger partial charge in [-0.1, -0.05) is 18.3 Å². The number of benzene rings is 2. The molecule has 2 aromatic carbocycles. The monoisotopic (exact) mass is 499 g/mol. The molecule has 4 rings (SSSR count). The molecule has 1 unspecified atom stereocenters. The third-order valence-electron chi connectivity index (χ3n) is 5.35. The number of carboxylic acids is 1. The highest BCUT2D eigenvalue weighted by atomic mass is 32.1. The van der Waals surface area contributed by atoms with Crippen molar-refractivity contribution < 1.29 is 19.7 Å². The molecule has 1 fully saturated rings. The number of nitrogens with zero attached hydrogens (tertiary/aromatic N) is 1. The van der Waals surface area contributed by atoms with E-state index in [9.17, 15) is 15.0 Å². The third kappa shape index (κ3) is 6.13. The lowest BCUT2D eigenvalue weighted by molar-refractivity contribution is 0.0696. The van der Waals surface area contributed by atoms with Gasteiger partial charge in [0.25, 0.3) is 0 Å². The summed E-state index contributed by atoms with van der Waals surface area (Å²) in [6.07, 6.45) is 1.05. The van der Waals surface area contributed by atoms with Crippen LogP contribution in [0, 0.1) is 9.41 Å². The number of aromatic nitrogens is 2. The summed E-state index contributed by atoms with van der Waals surface area (Å²) in [5.74, 6) is 0.202. The van der Waals surface area contributed by atoms with Crippen LogP contribution in [-0.2, 0) is 0 Å². The summed E-state index contributed by atoms with van der Waals surface area (Å²) < 4.78 is 6.81. The molecule has 0 spiro atoms. The molecule has 9 nitrogen and oxygen atoms in total. The Morgan fingerprint density at radius 2 is 1.97 bits per heavy atom. The van der Waals surface area contributed by atoms with Gasteiger partial charge in [-0.3, -0.25) is 0 Å². The molecule has 1 aliphatic heterocycles. The highest BCUT2D eigenvalue weighted by molar-refractivity contribution is 7.72. The fourth-order valence-corrected chi connectivity index (χ4v) is 4.32. The van der Waals surface area contributed by atoms with Crippen LogP contribution in [0.15, 0.2) is 48.5 Å². The highest BCUT2D eigenvalue weighted by Gasteiger charge is 2.23. The zero-order valence-corrected chi connectivity index (χ0v) is 19.8. The number of carbonyl (C=O) groups is 1. The number of aliphatic hydroxyl groups excluding tert-OH is 1. The average Bonchev–Trinajstić information content (AvgIpc) is 2.78. The summed E-state index contributed by atoms with van der Waals surface area (Å²) in [4.78, 5) is 19.4. The second-order valence-corrected chi connectivity index (χ2v) is 8.75. The average molecular weight is 500 g/mol. The van der Waals surface area contributed by atoms with Crippen LogP contribution in [0.25, 0.3) is 0 Å². The minimum atomic E-state index is -1.01. The van der Waals surface area contributed by atoms with E-state index >= 15 is 0 Å². The molecule has 1 atom stereocenters. The number of aliphatic hydroxyl groups is 1. The zero-order valence-electron chi connectivity index (χ0n) is 18.2. The van der Waals surface area contributed by atoms with Gasteiger partial charge in [0.1, 0.15) is 16.2 Å². The van der Waals surface area contributed by atoms with Gasteiger partial charge in [0.2, 0.25) is 0 Å². The lowest BCUT2D eigenvalue weighted by Gasteiger charge is -2.33. The SMILES string of the molecule is O=C(O)c1ccc(OCNc2cccc(Nc3cc(=S)[nH]c(=S)[nH]3)c2)cc1N1CCCC(O)C1. The molecule has 0 bridgehead atoms. The molecule has 6 N–H and O–H groups in total. The number of β-amino-alcohol motifs (C(OH)–C–C–N with tert-alkyl or cyclic N) is 1. The molecule has 34 heavy (non-hydrogen) atoms. The number of ether oxygens (including phenoxy) is 1. The van der Waals surface area contributed by atoms with Crippen molar-refractivity contribution in [3.8, 4) is 5.75 Å². The Hall–Kier alpha value is -3.41. The van der Waals surface area contributed by atoms with Crippen LogP contribution in [0.4, 0.5) is 22.9 Å². The number of nitrogens with one attached hydrogen (secondary N) is 4. The number of piperidine rings is 1. The van der Waals surface area contributed by atoms with Gasteiger partial charge in [-0.25, -0.2) is 4.79 Å². The molecule has 1 saturated heterocycles. The van der Waals surface area contributed by atoms with Crippen molar-refractivity contribution in [1.82, 2.24) is 9.97 Å². The quantitative estimate of drug-likeness (QED) is 0.194. The summed E-state index contributed by atoms with van der Waals surface area (Å²) in [7, 11) is 0. The van der Waals surface area contributed by atoms with E-state index in [-0.39, 0.29) is 12.3 Å². The number of anilines is 4. The van der Waals surface area contributed by atoms with Crippen LogP contribution >= 0.6 is 24.4 Å². The topological polar surface area (TPSA) is 126 Å². The predicted molar refractivity (Wildman–Crippen MR) is 137 cm³/mol. The number of carboxylic acid groups (broad SMARTS) is 1. The Balaban J connectivity index is 1.41. The van der Waals surface area contributed by atoms with Gasteiger partial charge in [0.05, 0.1) is 17.4 Å². The van der Waals surface area contributed by atoms with Gasteiger partial charge in [-0.2, -0.15) is 0 Å². The normalized spacial score (nSPS) is 15.6. The van der Waals surface area contributed by atoms with Crippen LogP contribution in [0.1, 0.15) is 23.2 Å². The number of hydrogen-bond donors (Lipinski definition) is 6. The molecule has 3 aromatic rings. The van der Waals surface area contributed by atoms with Gasteiger partial charge in [-0.15, -0.1) is 0 Å². The summed E-state index contributed by atoms with van der Waals surface area (Å²) in [5.41, 5.74) is 2.39. The van der Waals surface area contributed by atoms with E-state index in [0.29, 0.717) is 39.8 Å². The van der Waals surface area contributed by atoms with Crippen molar-refractivity contribution in [2.45, 2.75) is 18.9 Å². The molecule has 0 amide bonds. The number of hydrogen-bond acceptors (Lipinski definition) is 8. The van der Waals surface area contributed by atoms with Crippen LogP contribution in [-0.4, -0.2) is 52.1 Å². The van der Waals surface area contributed by atoms with E-state index in [1.165, 1.54) is 6.07 Å². The first-order chi connectivity index (χ1) is 16.4. The lowest BCUT2D eigenvalue weighted by atomic mass is 10.0. The Labute approximate surface area is 206 Å². The van der Waals surface area contributed by atoms with Crippen LogP contribution in [0.2, 0.25) is 0 Å². The summed E-state index contributed by atoms with van der Waals surface area (Å²) in [5, 5.41) is 26.0. The first-order valence-electron chi connectivity index (χ1n) is 10.7. The second kappa shape index (κ2) is 10.7. The second-order valence-electron chi connectivity index (χ2n) is 7.90. The number of aromatic carboxylic acids is 1. The summed E-state index contributed by atoms with van der Waals surface area (Å²) in [6.45, 7) is 1.27. The maximum Gasteiger partial charge on any atom is 0.337 e. The Kier molecular flexibility index (Phi) is 7.46. The van der Waals surface area contributed by atoms with E-state index in [4.69, 9.17) is 29.2 Å². The van der Waals surface area contributed by atoms with Crippen molar-refractivity contribution >= 4 is 53.3 Å². The Morgan fingerprint density at radius 1 is 1.15 bits per heavy atom. The van der Waals surface area contributed by atoms with Gasteiger partial charge < -0.3 is 40.5 Å². The minimum Gasteiger partial charge on any atom is -0.478 e. The van der Waals surface area contributed by atoms with Gasteiger partial charge >= 0.3 is 5.97 Å². The fraction of sp³-hybridized carbons (Fsp3) is 0.261. The number of aromatic amines is 2. The number of H-pyrrole nitrogens is 2. The molecule has 1 aliphatic rings. The van der Waals surface area contributed by atoms with Crippen molar-refractivity contribution in [1.29, 1.82) is 0 Å². The Bertz CT molecular complexity index is 1260. The van der Waals surface area contributed by atoms with E-state index in [1.807, 2.05) is 29.2 Å². The zero-order chi connectivity index (χ0) is 24.1. The summed E-state index contributed by atoms with van der Waals surface area (Å²) in [6, 6.07) is 14.2. The highest BCUT2D eigenvalue weighted by Crippen LogP contribution is 2.29. The molecular weight excluding hydrogens is 474 g/mol. The van der Waals surface area contributed by atoms with Crippen molar-refractivity contribution in [3.05, 3.63) is 63.5 Å². The van der Waals surface area contributed by atoms with Crippen LogP contribution < -0.4 is 20.3 Å². The molecule has 11 heteroatoms. The maximum atomic E-state index is 11.7. The first-order valence-corrected chi connectivity index (χ1v) is 11.6. The largest absolute Gasteiger partial charge is 0.478 e. The van der Waals surface area contributed by atoms with Crippen molar-refractivity contribution in [2.24, 2.45) is 0 Å². The standard InChI is InChI=1S/C23H25N5O4S2/c29-16-5-2-8-28(12-16)19-10-17(6-7-18(19)22(30)31)32-13-24-14-3-1-4-15(9-14)25-20-11-21(33)27-23(34)26-20/h1,3-4,6-7,9-11,16,24,29H,2,5,8,12-13H2,(H,30,31)(H3,25,26,27,33,34). The van der Waals surface area contributed by atoms with Crippen LogP contribution in [0.3, 0.4) is 0 Å². The smallest absolute Gasteiger partial charge is 0.337 e. The van der Waals surface area contributed by atoms with Crippen molar-refractivity contribution in [3.63, 3.8) is 0 Å². The van der Waals surface area contributed by atoms with Crippen LogP contribution in [0.5, 0.6) is 5.75 Å². The molecule has 178 valence electrons. The van der Waals surface area contributed by atoms with Crippen molar-refractivity contribution in [2.75, 3.05) is 35.4 Å². The molecule has 0 saturated carbocycles. The maximum absolute atomic E-state index is 11.7. The molecular formula is C23H25N5O4S2. The minimum absolute atomic E-state index is 0.178. The van der Waals surface area contributed by atoms with Gasteiger partial charge in [0, 0.05) is 36.6 Å². The van der Waals surface area contributed by atoms with E-state index in [2.05, 4.69) is 20.6 Å². The first kappa shape index (κ1) is 23.7. The third-order valence-corrected chi connectivity index (χ3v) is 5.78. The summed E-state index contributed by atoms with van der Waals surface area (Å²) >= 11 is 10.3. The number of rotatable bonds is 8. The van der Waals surface area contributed by atoms with E-state index in [1.54, 1.807) is 18.2 Å². The molecule has 1 aromatic heterocycles. The molecule has 0 radical (unpaired) electrons. The van der Waals surface area contributed by atoms with Gasteiger partial charge in [0.15, 0.2) is 11.5 Å². The molecule has 2 heterocycles. The fourth-order valence-electron chi connectivity index (χ4n) is 3.82. The van der Waals surface area contributed by atoms with E-state index in [0.717, 1.165) is 24.2 Å². The predicted octanol–water partition coefficient (Wildman–Crippen LogP) is 4.65. The lowest BCUT2D eigenvalue weighted by Crippen LogP contribution is -2.39. The van der Waals surface area contributed by atoms with Gasteiger partial charge in [-0.05, 0) is 55.4 Å².